The molecule has 1 aliphatic rings. The minimum absolute atomic E-state index is 0.0000146. The van der Waals surface area contributed by atoms with Crippen LogP contribution in [0.2, 0.25) is 0 Å². The number of nitriles is 1. The van der Waals surface area contributed by atoms with Crippen molar-refractivity contribution in [2.75, 3.05) is 19.6 Å². The van der Waals surface area contributed by atoms with Crippen molar-refractivity contribution in [3.63, 3.8) is 0 Å². The van der Waals surface area contributed by atoms with Crippen LogP contribution in [0.5, 0.6) is 5.75 Å². The number of aryl methyl sites for hydroxylation is 1. The van der Waals surface area contributed by atoms with Gasteiger partial charge in [-0.25, -0.2) is 4.79 Å². The van der Waals surface area contributed by atoms with E-state index < -0.39 is 0 Å². The summed E-state index contributed by atoms with van der Waals surface area (Å²) in [6.45, 7) is 3.67. The summed E-state index contributed by atoms with van der Waals surface area (Å²) in [4.78, 5) is 18.0. The quantitative estimate of drug-likeness (QED) is 0.908. The van der Waals surface area contributed by atoms with Crippen LogP contribution in [-0.4, -0.2) is 41.7 Å². The molecule has 0 spiro atoms. The third-order valence-electron chi connectivity index (χ3n) is 4.08. The van der Waals surface area contributed by atoms with Gasteiger partial charge in [-0.3, -0.25) is 4.98 Å². The Kier molecular flexibility index (Phi) is 5.14. The third-order valence-corrected chi connectivity index (χ3v) is 4.08. The lowest BCUT2D eigenvalue weighted by Gasteiger charge is -2.38. The summed E-state index contributed by atoms with van der Waals surface area (Å²) in [6, 6.07) is 13.0. The number of urea groups is 1. The fourth-order valence-corrected chi connectivity index (χ4v) is 2.55. The minimum Gasteiger partial charge on any atom is -0.487 e. The van der Waals surface area contributed by atoms with Gasteiger partial charge in [-0.1, -0.05) is 6.07 Å². The first-order valence-electron chi connectivity index (χ1n) is 8.25. The molecule has 1 aromatic heterocycles. The molecule has 6 heteroatoms. The number of likely N-dealkylation sites (tertiary alicyclic amines) is 1. The first-order chi connectivity index (χ1) is 12.1. The van der Waals surface area contributed by atoms with Crippen molar-refractivity contribution in [1.29, 1.82) is 5.26 Å². The molecule has 6 nitrogen and oxygen atoms in total. The van der Waals surface area contributed by atoms with Crippen LogP contribution in [0.25, 0.3) is 0 Å². The van der Waals surface area contributed by atoms with Gasteiger partial charge in [-0.05, 0) is 49.2 Å². The van der Waals surface area contributed by atoms with E-state index in [4.69, 9.17) is 10.00 Å². The van der Waals surface area contributed by atoms with Gasteiger partial charge >= 0.3 is 6.03 Å². The maximum Gasteiger partial charge on any atom is 0.317 e. The average molecular weight is 336 g/mol. The van der Waals surface area contributed by atoms with Crippen LogP contribution in [0.15, 0.2) is 42.6 Å². The number of pyridine rings is 1. The Bertz CT molecular complexity index is 760. The molecule has 0 saturated carbocycles. The van der Waals surface area contributed by atoms with Crippen LogP contribution in [0.4, 0.5) is 4.79 Å². The highest BCUT2D eigenvalue weighted by Crippen LogP contribution is 2.18. The molecule has 1 aromatic carbocycles. The minimum atomic E-state index is -0.0697. The second kappa shape index (κ2) is 7.67. The van der Waals surface area contributed by atoms with Crippen molar-refractivity contribution in [2.45, 2.75) is 19.4 Å². The van der Waals surface area contributed by atoms with Gasteiger partial charge in [0.15, 0.2) is 0 Å². The molecule has 2 aromatic rings. The molecular formula is C19H20N4O2. The number of aromatic nitrogens is 1. The van der Waals surface area contributed by atoms with E-state index in [1.165, 1.54) is 0 Å². The highest BCUT2D eigenvalue weighted by atomic mass is 16.5. The zero-order valence-electron chi connectivity index (χ0n) is 14.1. The zero-order valence-corrected chi connectivity index (χ0v) is 14.1. The van der Waals surface area contributed by atoms with Gasteiger partial charge in [0.1, 0.15) is 11.9 Å². The van der Waals surface area contributed by atoms with Gasteiger partial charge in [0.05, 0.1) is 24.7 Å². The molecule has 0 aliphatic carbocycles. The van der Waals surface area contributed by atoms with Gasteiger partial charge in [-0.2, -0.15) is 5.26 Å². The summed E-state index contributed by atoms with van der Waals surface area (Å²) in [5.74, 6) is 0.718. The summed E-state index contributed by atoms with van der Waals surface area (Å²) in [5, 5.41) is 11.7. The van der Waals surface area contributed by atoms with Crippen molar-refractivity contribution in [3.05, 3.63) is 59.4 Å². The number of carbonyl (C=O) groups excluding carboxylic acids is 1. The summed E-state index contributed by atoms with van der Waals surface area (Å²) in [6.07, 6.45) is 2.60. The normalized spacial score (nSPS) is 13.7. The monoisotopic (exact) mass is 336 g/mol. The van der Waals surface area contributed by atoms with Crippen molar-refractivity contribution < 1.29 is 9.53 Å². The molecule has 0 bridgehead atoms. The maximum absolute atomic E-state index is 12.1. The van der Waals surface area contributed by atoms with Crippen LogP contribution < -0.4 is 10.1 Å². The summed E-state index contributed by atoms with van der Waals surface area (Å²) in [7, 11) is 0. The highest BCUT2D eigenvalue weighted by Gasteiger charge is 2.32. The molecule has 0 radical (unpaired) electrons. The molecule has 1 fully saturated rings. The molecular weight excluding hydrogens is 316 g/mol. The first kappa shape index (κ1) is 16.8. The smallest absolute Gasteiger partial charge is 0.317 e. The van der Waals surface area contributed by atoms with Gasteiger partial charge in [0.25, 0.3) is 0 Å². The van der Waals surface area contributed by atoms with E-state index in [2.05, 4.69) is 16.4 Å². The van der Waals surface area contributed by atoms with Crippen LogP contribution in [-0.2, 0) is 6.42 Å². The number of benzene rings is 1. The largest absolute Gasteiger partial charge is 0.487 e. The van der Waals surface area contributed by atoms with Crippen LogP contribution in [0.1, 0.15) is 16.8 Å². The van der Waals surface area contributed by atoms with Crippen LogP contribution in [0.3, 0.4) is 0 Å². The predicted octanol–water partition coefficient (Wildman–Crippen LogP) is 2.28. The molecule has 1 saturated heterocycles. The number of rotatable bonds is 5. The van der Waals surface area contributed by atoms with Gasteiger partial charge in [0, 0.05) is 18.4 Å². The molecule has 25 heavy (non-hydrogen) atoms. The lowest BCUT2D eigenvalue weighted by molar-refractivity contribution is 0.0445. The Morgan fingerprint density at radius 1 is 1.32 bits per heavy atom. The lowest BCUT2D eigenvalue weighted by Crippen LogP contribution is -2.59. The second-order valence-corrected chi connectivity index (χ2v) is 6.07. The lowest BCUT2D eigenvalue weighted by atomic mass is 10.1. The van der Waals surface area contributed by atoms with E-state index in [0.29, 0.717) is 25.2 Å². The van der Waals surface area contributed by atoms with Crippen molar-refractivity contribution in [2.24, 2.45) is 0 Å². The van der Waals surface area contributed by atoms with Gasteiger partial charge in [-0.15, -0.1) is 0 Å². The van der Waals surface area contributed by atoms with Crippen molar-refractivity contribution in [1.82, 2.24) is 15.2 Å². The Morgan fingerprint density at radius 2 is 2.08 bits per heavy atom. The van der Waals surface area contributed by atoms with Crippen LogP contribution >= 0.6 is 0 Å². The molecule has 1 aliphatic heterocycles. The van der Waals surface area contributed by atoms with Gasteiger partial charge < -0.3 is 15.0 Å². The Labute approximate surface area is 147 Å². The van der Waals surface area contributed by atoms with Crippen LogP contribution in [0, 0.1) is 18.3 Å². The molecule has 128 valence electrons. The Morgan fingerprint density at radius 3 is 2.72 bits per heavy atom. The summed E-state index contributed by atoms with van der Waals surface area (Å²) >= 11 is 0. The summed E-state index contributed by atoms with van der Waals surface area (Å²) < 4.78 is 5.78. The topological polar surface area (TPSA) is 78.3 Å². The number of ether oxygens (including phenoxy) is 1. The van der Waals surface area contributed by atoms with E-state index in [-0.39, 0.29) is 12.1 Å². The Balaban J connectivity index is 1.36. The molecule has 1 N–H and O–H groups in total. The van der Waals surface area contributed by atoms with Gasteiger partial charge in [0.2, 0.25) is 0 Å². The zero-order chi connectivity index (χ0) is 17.6. The van der Waals surface area contributed by atoms with E-state index in [0.717, 1.165) is 23.4 Å². The predicted molar refractivity (Wildman–Crippen MR) is 93.2 cm³/mol. The molecule has 2 amide bonds. The summed E-state index contributed by atoms with van der Waals surface area (Å²) in [5.41, 5.74) is 2.70. The van der Waals surface area contributed by atoms with Crippen molar-refractivity contribution >= 4 is 6.03 Å². The average Bonchev–Trinajstić information content (AvgIpc) is 2.60. The fraction of sp³-hybridized carbons (Fsp3) is 0.316. The van der Waals surface area contributed by atoms with Crippen molar-refractivity contribution in [3.8, 4) is 11.8 Å². The van der Waals surface area contributed by atoms with E-state index >= 15 is 0 Å². The molecule has 0 atom stereocenters. The molecule has 0 unspecified atom stereocenters. The SMILES string of the molecule is Cc1ccc(CCNC(=O)N2CC(Oc3ccc(C#N)cc3)C2)cn1. The number of nitrogens with zero attached hydrogens (tertiary/aromatic N) is 3. The maximum atomic E-state index is 12.1. The number of hydrogen-bond acceptors (Lipinski definition) is 4. The fourth-order valence-electron chi connectivity index (χ4n) is 2.55. The van der Waals surface area contributed by atoms with E-state index in [1.807, 2.05) is 25.3 Å². The third kappa shape index (κ3) is 4.48. The number of amides is 2. The second-order valence-electron chi connectivity index (χ2n) is 6.07. The number of hydrogen-bond donors (Lipinski definition) is 1. The standard InChI is InChI=1S/C19H20N4O2/c1-14-2-3-16(11-22-14)8-9-21-19(24)23-12-18(13-23)25-17-6-4-15(10-20)5-7-17/h2-7,11,18H,8-9,12-13H2,1H3,(H,21,24). The Hall–Kier alpha value is -3.07. The highest BCUT2D eigenvalue weighted by molar-refractivity contribution is 5.75. The molecule has 2 heterocycles. The number of carbonyl (C=O) groups is 1. The van der Waals surface area contributed by atoms with E-state index in [1.54, 1.807) is 29.2 Å². The van der Waals surface area contributed by atoms with E-state index in [9.17, 15) is 4.79 Å². The molecule has 3 rings (SSSR count). The first-order valence-corrected chi connectivity index (χ1v) is 8.25. The number of nitrogens with one attached hydrogen (secondary N) is 1.